The summed E-state index contributed by atoms with van der Waals surface area (Å²) in [5.74, 6) is 0.0579. The van der Waals surface area contributed by atoms with E-state index in [-0.39, 0.29) is 11.2 Å². The molecule has 0 spiro atoms. The first-order valence-electron chi connectivity index (χ1n) is 3.03. The lowest BCUT2D eigenvalue weighted by atomic mass is 10.3. The number of aryl methyl sites for hydroxylation is 1. The molecule has 1 aromatic rings. The molecule has 0 bridgehead atoms. The number of rotatable bonds is 0. The zero-order chi connectivity index (χ0) is 7.56. The average molecular weight is 137 g/mol. The van der Waals surface area contributed by atoms with Gasteiger partial charge in [0.15, 0.2) is 0 Å². The summed E-state index contributed by atoms with van der Waals surface area (Å²) < 4.78 is 0. The summed E-state index contributed by atoms with van der Waals surface area (Å²) >= 11 is 0. The Morgan fingerprint density at radius 3 is 2.80 bits per heavy atom. The molecule has 0 aliphatic rings. The van der Waals surface area contributed by atoms with Crippen LogP contribution in [-0.2, 0) is 0 Å². The number of hydrogen-bond donors (Lipinski definition) is 0. The molecule has 1 aromatic carbocycles. The van der Waals surface area contributed by atoms with Gasteiger partial charge in [-0.05, 0) is 18.6 Å². The SMILES string of the molecule is Cc1cccc(=O)c([OH2+])c1. The first kappa shape index (κ1) is 6.81. The molecule has 0 aliphatic carbocycles. The van der Waals surface area contributed by atoms with Crippen molar-refractivity contribution in [1.29, 1.82) is 0 Å². The van der Waals surface area contributed by atoms with Crippen molar-refractivity contribution in [2.45, 2.75) is 6.92 Å². The molecular weight excluding hydrogens is 128 g/mol. The van der Waals surface area contributed by atoms with E-state index in [0.717, 1.165) is 5.56 Å². The Morgan fingerprint density at radius 1 is 1.40 bits per heavy atom. The maximum absolute atomic E-state index is 10.8. The maximum atomic E-state index is 10.8. The molecule has 0 fully saturated rings. The molecule has 1 rings (SSSR count). The average Bonchev–Trinajstić information content (AvgIpc) is 1.96. The van der Waals surface area contributed by atoms with E-state index in [9.17, 15) is 4.79 Å². The van der Waals surface area contributed by atoms with Gasteiger partial charge in [0.2, 0.25) is 0 Å². The Bertz CT molecular complexity index is 291. The fraction of sp³-hybridized carbons (Fsp3) is 0.125. The molecule has 2 N–H and O–H groups in total. The molecule has 0 unspecified atom stereocenters. The molecule has 0 radical (unpaired) electrons. The third-order valence-electron chi connectivity index (χ3n) is 1.24. The van der Waals surface area contributed by atoms with E-state index in [2.05, 4.69) is 0 Å². The first-order valence-corrected chi connectivity index (χ1v) is 3.03. The summed E-state index contributed by atoms with van der Waals surface area (Å²) in [4.78, 5) is 10.8. The second-order valence-electron chi connectivity index (χ2n) is 2.19. The van der Waals surface area contributed by atoms with Gasteiger partial charge in [-0.15, -0.1) is 0 Å². The van der Waals surface area contributed by atoms with Crippen molar-refractivity contribution < 1.29 is 5.11 Å². The highest BCUT2D eigenvalue weighted by atomic mass is 16.3. The highest BCUT2D eigenvalue weighted by Crippen LogP contribution is 2.01. The van der Waals surface area contributed by atoms with E-state index in [4.69, 9.17) is 5.11 Å². The first-order chi connectivity index (χ1) is 4.70. The molecular formula is C8H9O2+. The van der Waals surface area contributed by atoms with Crippen LogP contribution in [0.3, 0.4) is 0 Å². The van der Waals surface area contributed by atoms with Crippen molar-refractivity contribution in [1.82, 2.24) is 0 Å². The fourth-order valence-corrected chi connectivity index (χ4v) is 0.724. The Labute approximate surface area is 58.8 Å². The topological polar surface area (TPSA) is 40.0 Å². The van der Waals surface area contributed by atoms with Gasteiger partial charge in [0.1, 0.15) is 0 Å². The maximum Gasteiger partial charge on any atom is 0.302 e. The summed E-state index contributed by atoms with van der Waals surface area (Å²) in [6.45, 7) is 1.86. The zero-order valence-electron chi connectivity index (χ0n) is 5.72. The smallest absolute Gasteiger partial charge is 0.302 e. The van der Waals surface area contributed by atoms with Gasteiger partial charge in [-0.3, -0.25) is 4.79 Å². The summed E-state index contributed by atoms with van der Waals surface area (Å²) in [5.41, 5.74) is 0.709. The molecule has 0 heterocycles. The van der Waals surface area contributed by atoms with Crippen molar-refractivity contribution in [3.63, 3.8) is 0 Å². The summed E-state index contributed by atoms with van der Waals surface area (Å²) in [6, 6.07) is 6.42. The van der Waals surface area contributed by atoms with Crippen molar-refractivity contribution in [2.75, 3.05) is 0 Å². The van der Waals surface area contributed by atoms with Crippen LogP contribution in [-0.4, -0.2) is 5.11 Å². The minimum Gasteiger partial charge on any atom is -0.591 e. The van der Waals surface area contributed by atoms with E-state index in [0.29, 0.717) is 0 Å². The van der Waals surface area contributed by atoms with Crippen LogP contribution in [0, 0.1) is 6.92 Å². The minimum atomic E-state index is -0.229. The molecule has 52 valence electrons. The van der Waals surface area contributed by atoms with Gasteiger partial charge in [-0.2, -0.15) is 0 Å². The zero-order valence-corrected chi connectivity index (χ0v) is 5.72. The molecule has 0 saturated carbocycles. The van der Waals surface area contributed by atoms with Gasteiger partial charge in [0.25, 0.3) is 5.43 Å². The summed E-state index contributed by atoms with van der Waals surface area (Å²) in [5, 5.41) is 7.17. The van der Waals surface area contributed by atoms with Crippen molar-refractivity contribution in [2.24, 2.45) is 0 Å². The molecule has 0 atom stereocenters. The van der Waals surface area contributed by atoms with Crippen molar-refractivity contribution in [3.05, 3.63) is 40.1 Å². The van der Waals surface area contributed by atoms with Gasteiger partial charge in [0.05, 0.1) is 0 Å². The van der Waals surface area contributed by atoms with E-state index < -0.39 is 0 Å². The third kappa shape index (κ3) is 1.35. The van der Waals surface area contributed by atoms with Crippen LogP contribution in [0.1, 0.15) is 5.56 Å². The second kappa shape index (κ2) is 2.52. The van der Waals surface area contributed by atoms with Gasteiger partial charge in [-0.25, -0.2) is 0 Å². The molecule has 2 heteroatoms. The summed E-state index contributed by atoms with van der Waals surface area (Å²) in [7, 11) is 0. The van der Waals surface area contributed by atoms with Gasteiger partial charge >= 0.3 is 5.75 Å². The lowest BCUT2D eigenvalue weighted by Gasteiger charge is -1.77. The van der Waals surface area contributed by atoms with Gasteiger partial charge < -0.3 is 5.11 Å². The standard InChI is InChI=1S/C8H8O2/c1-6-3-2-4-7(9)8(10)5-6/h2-5H,1H3,(H,9,10)/p+1. The molecule has 0 amide bonds. The Morgan fingerprint density at radius 2 is 2.10 bits per heavy atom. The molecule has 0 saturated heterocycles. The predicted molar refractivity (Wildman–Crippen MR) is 40.5 cm³/mol. The van der Waals surface area contributed by atoms with Crippen LogP contribution in [0.15, 0.2) is 29.1 Å². The normalized spacial score (nSPS) is 9.30. The van der Waals surface area contributed by atoms with Crippen LogP contribution in [0.25, 0.3) is 0 Å². The van der Waals surface area contributed by atoms with Gasteiger partial charge in [-0.1, -0.05) is 12.1 Å². The second-order valence-corrected chi connectivity index (χ2v) is 2.19. The van der Waals surface area contributed by atoms with E-state index in [1.54, 1.807) is 18.2 Å². The highest BCUT2D eigenvalue weighted by molar-refractivity contribution is 5.24. The Kier molecular flexibility index (Phi) is 1.71. The monoisotopic (exact) mass is 137 g/mol. The lowest BCUT2D eigenvalue weighted by Crippen LogP contribution is -1.91. The van der Waals surface area contributed by atoms with Gasteiger partial charge in [0, 0.05) is 6.07 Å². The summed E-state index contributed by atoms with van der Waals surface area (Å²) in [6.07, 6.45) is 0. The van der Waals surface area contributed by atoms with Crippen LogP contribution >= 0.6 is 0 Å². The third-order valence-corrected chi connectivity index (χ3v) is 1.24. The molecule has 10 heavy (non-hydrogen) atoms. The van der Waals surface area contributed by atoms with Crippen LogP contribution in [0.4, 0.5) is 0 Å². The minimum absolute atomic E-state index is 0.0579. The Balaban J connectivity index is 3.46. The molecule has 0 aromatic heterocycles. The van der Waals surface area contributed by atoms with Crippen molar-refractivity contribution >= 4 is 0 Å². The highest BCUT2D eigenvalue weighted by Gasteiger charge is 1.95. The molecule has 0 aliphatic heterocycles. The Hall–Kier alpha value is -1.31. The quantitative estimate of drug-likeness (QED) is 0.487. The predicted octanol–water partition coefficient (Wildman–Crippen LogP) is 0.793. The van der Waals surface area contributed by atoms with Crippen LogP contribution in [0.2, 0.25) is 0 Å². The lowest BCUT2D eigenvalue weighted by molar-refractivity contribution is 0.470. The van der Waals surface area contributed by atoms with E-state index >= 15 is 0 Å². The molecule has 2 nitrogen and oxygen atoms in total. The fourth-order valence-electron chi connectivity index (χ4n) is 0.724. The van der Waals surface area contributed by atoms with E-state index in [1.807, 2.05) is 6.92 Å². The number of hydrogen-bond acceptors (Lipinski definition) is 1. The van der Waals surface area contributed by atoms with E-state index in [1.165, 1.54) is 6.07 Å². The van der Waals surface area contributed by atoms with Crippen LogP contribution in [0.5, 0.6) is 5.75 Å². The largest absolute Gasteiger partial charge is 0.591 e. The van der Waals surface area contributed by atoms with Crippen LogP contribution < -0.4 is 5.43 Å². The van der Waals surface area contributed by atoms with Crippen molar-refractivity contribution in [3.8, 4) is 5.75 Å².